The van der Waals surface area contributed by atoms with E-state index in [4.69, 9.17) is 31.5 Å². The summed E-state index contributed by atoms with van der Waals surface area (Å²) in [4.78, 5) is 0. The van der Waals surface area contributed by atoms with Crippen molar-refractivity contribution < 1.29 is 14.2 Å². The number of fused-ring (bicyclic) bond motifs is 1. The van der Waals surface area contributed by atoms with Crippen LogP contribution in [0.5, 0.6) is 17.2 Å². The fourth-order valence-corrected chi connectivity index (χ4v) is 2.59. The molecule has 0 aliphatic carbocycles. The summed E-state index contributed by atoms with van der Waals surface area (Å²) in [6.45, 7) is 1.13. The number of hydrogen-bond donors (Lipinski definition) is 1. The molecule has 5 heteroatoms. The zero-order chi connectivity index (χ0) is 14.8. The van der Waals surface area contributed by atoms with Crippen molar-refractivity contribution in [2.45, 2.75) is 6.04 Å². The van der Waals surface area contributed by atoms with Crippen molar-refractivity contribution in [3.8, 4) is 17.2 Å². The van der Waals surface area contributed by atoms with E-state index in [0.29, 0.717) is 24.0 Å². The number of benzene rings is 2. The van der Waals surface area contributed by atoms with Crippen LogP contribution in [0.2, 0.25) is 5.02 Å². The molecule has 1 unspecified atom stereocenters. The Kier molecular flexibility index (Phi) is 3.90. The van der Waals surface area contributed by atoms with Gasteiger partial charge in [-0.1, -0.05) is 23.7 Å². The summed E-state index contributed by atoms with van der Waals surface area (Å²) in [5.41, 5.74) is 8.17. The van der Waals surface area contributed by atoms with Gasteiger partial charge in [-0.3, -0.25) is 0 Å². The lowest BCUT2D eigenvalue weighted by Gasteiger charge is -2.21. The third kappa shape index (κ3) is 2.77. The Morgan fingerprint density at radius 3 is 2.43 bits per heavy atom. The standard InChI is InChI=1S/C16H16ClNO3/c1-19-13-4-2-10(8-12(13)17)16(18)11-3-5-14-15(9-11)21-7-6-20-14/h2-5,8-9,16H,6-7,18H2,1H3. The molecule has 2 aromatic rings. The summed E-state index contributed by atoms with van der Waals surface area (Å²) >= 11 is 6.15. The number of rotatable bonds is 3. The predicted octanol–water partition coefficient (Wildman–Crippen LogP) is 3.17. The van der Waals surface area contributed by atoms with Crippen LogP contribution in [0.1, 0.15) is 17.2 Å². The van der Waals surface area contributed by atoms with Crippen LogP contribution >= 0.6 is 11.6 Å². The van der Waals surface area contributed by atoms with Gasteiger partial charge in [0.25, 0.3) is 0 Å². The largest absolute Gasteiger partial charge is 0.495 e. The highest BCUT2D eigenvalue weighted by Gasteiger charge is 2.16. The van der Waals surface area contributed by atoms with Gasteiger partial charge >= 0.3 is 0 Å². The normalized spacial score (nSPS) is 14.6. The van der Waals surface area contributed by atoms with Crippen LogP contribution in [0.25, 0.3) is 0 Å². The maximum atomic E-state index is 6.31. The van der Waals surface area contributed by atoms with E-state index in [2.05, 4.69) is 0 Å². The third-order valence-electron chi connectivity index (χ3n) is 3.46. The molecule has 0 fully saturated rings. The van der Waals surface area contributed by atoms with Crippen LogP contribution in [0.15, 0.2) is 36.4 Å². The van der Waals surface area contributed by atoms with Gasteiger partial charge in [0, 0.05) is 0 Å². The van der Waals surface area contributed by atoms with Crippen molar-refractivity contribution in [2.24, 2.45) is 5.73 Å². The predicted molar refractivity (Wildman–Crippen MR) is 81.5 cm³/mol. The molecule has 2 N–H and O–H groups in total. The lowest BCUT2D eigenvalue weighted by molar-refractivity contribution is 0.171. The summed E-state index contributed by atoms with van der Waals surface area (Å²) in [5, 5.41) is 0.544. The minimum atomic E-state index is -0.288. The van der Waals surface area contributed by atoms with Gasteiger partial charge in [0.05, 0.1) is 18.2 Å². The molecule has 2 aromatic carbocycles. The van der Waals surface area contributed by atoms with Crippen molar-refractivity contribution in [3.05, 3.63) is 52.5 Å². The molecule has 4 nitrogen and oxygen atoms in total. The Hall–Kier alpha value is -1.91. The highest BCUT2D eigenvalue weighted by atomic mass is 35.5. The highest BCUT2D eigenvalue weighted by molar-refractivity contribution is 6.32. The van der Waals surface area contributed by atoms with Crippen LogP contribution in [-0.2, 0) is 0 Å². The number of nitrogens with two attached hydrogens (primary N) is 1. The van der Waals surface area contributed by atoms with Crippen LogP contribution in [0.4, 0.5) is 0 Å². The van der Waals surface area contributed by atoms with Gasteiger partial charge in [0.15, 0.2) is 11.5 Å². The maximum Gasteiger partial charge on any atom is 0.161 e. The van der Waals surface area contributed by atoms with E-state index in [1.165, 1.54) is 0 Å². The molecule has 1 heterocycles. The van der Waals surface area contributed by atoms with Gasteiger partial charge < -0.3 is 19.9 Å². The Labute approximate surface area is 128 Å². The van der Waals surface area contributed by atoms with Gasteiger partial charge in [-0.2, -0.15) is 0 Å². The summed E-state index contributed by atoms with van der Waals surface area (Å²) in [5.74, 6) is 2.12. The topological polar surface area (TPSA) is 53.7 Å². The first-order valence-corrected chi connectivity index (χ1v) is 7.05. The summed E-state index contributed by atoms with van der Waals surface area (Å²) in [7, 11) is 1.58. The molecule has 0 saturated carbocycles. The molecule has 1 aliphatic heterocycles. The SMILES string of the molecule is COc1ccc(C(N)c2ccc3c(c2)OCCO3)cc1Cl. The molecule has 0 amide bonds. The Morgan fingerprint density at radius 1 is 1.05 bits per heavy atom. The average molecular weight is 306 g/mol. The summed E-state index contributed by atoms with van der Waals surface area (Å²) in [6.07, 6.45) is 0. The smallest absolute Gasteiger partial charge is 0.161 e. The fraction of sp³-hybridized carbons (Fsp3) is 0.250. The summed E-state index contributed by atoms with van der Waals surface area (Å²) in [6, 6.07) is 11.0. The molecule has 1 aliphatic rings. The first kappa shape index (κ1) is 14.0. The van der Waals surface area contributed by atoms with Crippen LogP contribution < -0.4 is 19.9 Å². The molecule has 0 bridgehead atoms. The highest BCUT2D eigenvalue weighted by Crippen LogP contribution is 2.35. The van der Waals surface area contributed by atoms with E-state index in [1.54, 1.807) is 7.11 Å². The second-order valence-corrected chi connectivity index (χ2v) is 5.18. The number of halogens is 1. The van der Waals surface area contributed by atoms with Gasteiger partial charge in [0.1, 0.15) is 19.0 Å². The van der Waals surface area contributed by atoms with Crippen molar-refractivity contribution in [1.82, 2.24) is 0 Å². The third-order valence-corrected chi connectivity index (χ3v) is 3.76. The monoisotopic (exact) mass is 305 g/mol. The fourth-order valence-electron chi connectivity index (χ4n) is 2.32. The molecule has 0 radical (unpaired) electrons. The van der Waals surface area contributed by atoms with E-state index in [0.717, 1.165) is 22.6 Å². The number of ether oxygens (including phenoxy) is 3. The van der Waals surface area contributed by atoms with Gasteiger partial charge in [-0.25, -0.2) is 0 Å². The van der Waals surface area contributed by atoms with Crippen LogP contribution in [-0.4, -0.2) is 20.3 Å². The van der Waals surface area contributed by atoms with Crippen LogP contribution in [0.3, 0.4) is 0 Å². The maximum absolute atomic E-state index is 6.31. The second-order valence-electron chi connectivity index (χ2n) is 4.77. The molecule has 110 valence electrons. The number of methoxy groups -OCH3 is 1. The van der Waals surface area contributed by atoms with Crippen molar-refractivity contribution in [1.29, 1.82) is 0 Å². The molecule has 0 spiro atoms. The molecule has 0 aromatic heterocycles. The Bertz CT molecular complexity index is 660. The second kappa shape index (κ2) is 5.84. The molecule has 21 heavy (non-hydrogen) atoms. The van der Waals surface area contributed by atoms with Crippen molar-refractivity contribution in [2.75, 3.05) is 20.3 Å². The molecule has 3 rings (SSSR count). The molecular weight excluding hydrogens is 290 g/mol. The van der Waals surface area contributed by atoms with E-state index in [-0.39, 0.29) is 6.04 Å². The first-order valence-electron chi connectivity index (χ1n) is 6.67. The first-order chi connectivity index (χ1) is 10.2. The van der Waals surface area contributed by atoms with E-state index >= 15 is 0 Å². The van der Waals surface area contributed by atoms with E-state index < -0.39 is 0 Å². The van der Waals surface area contributed by atoms with Crippen molar-refractivity contribution >= 4 is 11.6 Å². The quantitative estimate of drug-likeness (QED) is 0.946. The lowest BCUT2D eigenvalue weighted by Crippen LogP contribution is -2.17. The minimum Gasteiger partial charge on any atom is -0.495 e. The van der Waals surface area contributed by atoms with Gasteiger partial charge in [0.2, 0.25) is 0 Å². The molecular formula is C16H16ClNO3. The Morgan fingerprint density at radius 2 is 1.71 bits per heavy atom. The van der Waals surface area contributed by atoms with E-state index in [1.807, 2.05) is 36.4 Å². The average Bonchev–Trinajstić information content (AvgIpc) is 2.53. The summed E-state index contributed by atoms with van der Waals surface area (Å²) < 4.78 is 16.2. The van der Waals surface area contributed by atoms with Gasteiger partial charge in [-0.05, 0) is 35.4 Å². The zero-order valence-corrected chi connectivity index (χ0v) is 12.4. The lowest BCUT2D eigenvalue weighted by atomic mass is 9.99. The van der Waals surface area contributed by atoms with Crippen molar-refractivity contribution in [3.63, 3.8) is 0 Å². The van der Waals surface area contributed by atoms with Gasteiger partial charge in [-0.15, -0.1) is 0 Å². The van der Waals surface area contributed by atoms with E-state index in [9.17, 15) is 0 Å². The zero-order valence-electron chi connectivity index (χ0n) is 11.6. The van der Waals surface area contributed by atoms with Crippen LogP contribution in [0, 0.1) is 0 Å². The molecule has 0 saturated heterocycles. The minimum absolute atomic E-state index is 0.288. The number of hydrogen-bond acceptors (Lipinski definition) is 4. The Balaban J connectivity index is 1.91. The molecule has 1 atom stereocenters.